The molecule has 2 rings (SSSR count). The van der Waals surface area contributed by atoms with Gasteiger partial charge in [-0.25, -0.2) is 4.39 Å². The average Bonchev–Trinajstić information content (AvgIpc) is 2.84. The number of carbonyl (C=O) groups excluding carboxylic acids is 1. The summed E-state index contributed by atoms with van der Waals surface area (Å²) < 4.78 is 23.6. The molecule has 0 N–H and O–H groups in total. The molecule has 1 aliphatic rings. The van der Waals surface area contributed by atoms with Crippen molar-refractivity contribution < 1.29 is 18.7 Å². The molecule has 5 heteroatoms. The molecule has 1 unspecified atom stereocenters. The summed E-state index contributed by atoms with van der Waals surface area (Å²) in [7, 11) is 0. The van der Waals surface area contributed by atoms with E-state index >= 15 is 0 Å². The second-order valence-corrected chi connectivity index (χ2v) is 5.14. The summed E-state index contributed by atoms with van der Waals surface area (Å²) in [6, 6.07) is 6.54. The van der Waals surface area contributed by atoms with Crippen LogP contribution in [0.3, 0.4) is 0 Å². The fourth-order valence-electron chi connectivity index (χ4n) is 1.66. The van der Waals surface area contributed by atoms with Crippen molar-refractivity contribution in [2.45, 2.75) is 23.8 Å². The number of hydrogen-bond acceptors (Lipinski definition) is 4. The van der Waals surface area contributed by atoms with Gasteiger partial charge in [0.05, 0.1) is 19.6 Å². The third-order valence-corrected chi connectivity index (χ3v) is 3.64. The summed E-state index contributed by atoms with van der Waals surface area (Å²) in [4.78, 5) is 12.1. The Balaban J connectivity index is 1.68. The number of carbonyl (C=O) groups is 1. The van der Waals surface area contributed by atoms with E-state index in [0.29, 0.717) is 23.9 Å². The van der Waals surface area contributed by atoms with E-state index in [0.717, 1.165) is 6.42 Å². The van der Waals surface area contributed by atoms with Crippen LogP contribution in [0.5, 0.6) is 0 Å². The minimum absolute atomic E-state index is 0.101. The van der Waals surface area contributed by atoms with E-state index in [-0.39, 0.29) is 24.3 Å². The molecular weight excluding hydrogens is 255 g/mol. The zero-order valence-electron chi connectivity index (χ0n) is 9.93. The number of rotatable bonds is 5. The fraction of sp³-hybridized carbons (Fsp3) is 0.462. The van der Waals surface area contributed by atoms with Crippen LogP contribution < -0.4 is 0 Å². The molecule has 0 saturated carbocycles. The lowest BCUT2D eigenvalue weighted by Crippen LogP contribution is -2.18. The average molecular weight is 270 g/mol. The summed E-state index contributed by atoms with van der Waals surface area (Å²) in [5.41, 5.74) is 0. The summed E-state index contributed by atoms with van der Waals surface area (Å²) in [5, 5.41) is 0. The van der Waals surface area contributed by atoms with Crippen molar-refractivity contribution in [1.29, 1.82) is 0 Å². The van der Waals surface area contributed by atoms with Crippen LogP contribution in [0.25, 0.3) is 0 Å². The molecule has 18 heavy (non-hydrogen) atoms. The van der Waals surface area contributed by atoms with Crippen LogP contribution in [0.2, 0.25) is 0 Å². The molecule has 0 aliphatic carbocycles. The molecule has 1 fully saturated rings. The van der Waals surface area contributed by atoms with Gasteiger partial charge in [-0.1, -0.05) is 12.1 Å². The molecule has 0 bridgehead atoms. The van der Waals surface area contributed by atoms with Gasteiger partial charge in [0, 0.05) is 17.1 Å². The standard InChI is InChI=1S/C13H15FO3S/c14-11-3-1-2-4-12(11)18-8-6-13(15)17-10-5-7-16-9-10/h1-4,10H,5-9H2. The van der Waals surface area contributed by atoms with E-state index in [1.807, 2.05) is 0 Å². The monoisotopic (exact) mass is 270 g/mol. The summed E-state index contributed by atoms with van der Waals surface area (Å²) in [5.74, 6) is 0.0299. The Bertz CT molecular complexity index is 405. The molecule has 0 radical (unpaired) electrons. The third-order valence-electron chi connectivity index (χ3n) is 2.59. The van der Waals surface area contributed by atoms with Gasteiger partial charge in [0.15, 0.2) is 0 Å². The van der Waals surface area contributed by atoms with Gasteiger partial charge in [-0.15, -0.1) is 11.8 Å². The summed E-state index contributed by atoms with van der Waals surface area (Å²) >= 11 is 1.33. The first kappa shape index (κ1) is 13.4. The first-order valence-corrected chi connectivity index (χ1v) is 6.89. The Morgan fingerprint density at radius 1 is 1.50 bits per heavy atom. The second-order valence-electron chi connectivity index (χ2n) is 4.00. The number of ether oxygens (including phenoxy) is 2. The summed E-state index contributed by atoms with van der Waals surface area (Å²) in [6.07, 6.45) is 0.956. The van der Waals surface area contributed by atoms with Crippen molar-refractivity contribution in [3.05, 3.63) is 30.1 Å². The molecule has 1 aromatic carbocycles. The van der Waals surface area contributed by atoms with E-state index in [4.69, 9.17) is 9.47 Å². The smallest absolute Gasteiger partial charge is 0.306 e. The maximum atomic E-state index is 13.3. The van der Waals surface area contributed by atoms with Gasteiger partial charge >= 0.3 is 5.97 Å². The van der Waals surface area contributed by atoms with Crippen molar-refractivity contribution in [2.24, 2.45) is 0 Å². The quantitative estimate of drug-likeness (QED) is 0.608. The van der Waals surface area contributed by atoms with Crippen LogP contribution in [0, 0.1) is 5.82 Å². The highest BCUT2D eigenvalue weighted by molar-refractivity contribution is 7.99. The van der Waals surface area contributed by atoms with Gasteiger partial charge < -0.3 is 9.47 Å². The normalized spacial score (nSPS) is 18.8. The molecule has 3 nitrogen and oxygen atoms in total. The van der Waals surface area contributed by atoms with Crippen LogP contribution >= 0.6 is 11.8 Å². The van der Waals surface area contributed by atoms with Crippen molar-refractivity contribution in [3.63, 3.8) is 0 Å². The topological polar surface area (TPSA) is 35.5 Å². The molecule has 98 valence electrons. The Morgan fingerprint density at radius 3 is 3.06 bits per heavy atom. The lowest BCUT2D eigenvalue weighted by atomic mass is 10.3. The molecule has 1 heterocycles. The SMILES string of the molecule is O=C(CCSc1ccccc1F)OC1CCOC1. The number of hydrogen-bond donors (Lipinski definition) is 0. The first-order chi connectivity index (χ1) is 8.75. The third kappa shape index (κ3) is 3.99. The maximum absolute atomic E-state index is 13.3. The number of benzene rings is 1. The zero-order valence-corrected chi connectivity index (χ0v) is 10.7. The molecule has 0 spiro atoms. The van der Waals surface area contributed by atoms with E-state index in [1.54, 1.807) is 18.2 Å². The van der Waals surface area contributed by atoms with Crippen LogP contribution in [0.1, 0.15) is 12.8 Å². The molecule has 1 saturated heterocycles. The van der Waals surface area contributed by atoms with Crippen LogP contribution in [0.4, 0.5) is 4.39 Å². The van der Waals surface area contributed by atoms with Gasteiger partial charge in [-0.2, -0.15) is 0 Å². The van der Waals surface area contributed by atoms with Crippen LogP contribution in [0.15, 0.2) is 29.2 Å². The Morgan fingerprint density at radius 2 is 2.33 bits per heavy atom. The minimum atomic E-state index is -0.250. The van der Waals surface area contributed by atoms with Crippen molar-refractivity contribution in [2.75, 3.05) is 19.0 Å². The number of esters is 1. The van der Waals surface area contributed by atoms with Gasteiger partial charge in [0.2, 0.25) is 0 Å². The van der Waals surface area contributed by atoms with Crippen molar-refractivity contribution in [1.82, 2.24) is 0 Å². The largest absolute Gasteiger partial charge is 0.460 e. The predicted octanol–water partition coefficient (Wildman–Crippen LogP) is 2.64. The highest BCUT2D eigenvalue weighted by Crippen LogP contribution is 2.22. The first-order valence-electron chi connectivity index (χ1n) is 5.90. The minimum Gasteiger partial charge on any atom is -0.460 e. The van der Waals surface area contributed by atoms with Crippen molar-refractivity contribution >= 4 is 17.7 Å². The highest BCUT2D eigenvalue weighted by atomic mass is 32.2. The molecular formula is C13H15FO3S. The molecule has 1 atom stereocenters. The zero-order chi connectivity index (χ0) is 12.8. The van der Waals surface area contributed by atoms with E-state index in [1.165, 1.54) is 17.8 Å². The molecule has 0 aromatic heterocycles. The van der Waals surface area contributed by atoms with Gasteiger partial charge in [-0.05, 0) is 12.1 Å². The lowest BCUT2D eigenvalue weighted by molar-refractivity contribution is -0.148. The number of thioether (sulfide) groups is 1. The van der Waals surface area contributed by atoms with Gasteiger partial charge in [0.1, 0.15) is 11.9 Å². The Hall–Kier alpha value is -1.07. The van der Waals surface area contributed by atoms with E-state index in [9.17, 15) is 9.18 Å². The predicted molar refractivity (Wildman–Crippen MR) is 67.1 cm³/mol. The molecule has 0 amide bonds. The lowest BCUT2D eigenvalue weighted by Gasteiger charge is -2.09. The Kier molecular flexibility index (Phi) is 5.01. The van der Waals surface area contributed by atoms with Gasteiger partial charge in [0.25, 0.3) is 0 Å². The maximum Gasteiger partial charge on any atom is 0.306 e. The summed E-state index contributed by atoms with van der Waals surface area (Å²) in [6.45, 7) is 1.15. The van der Waals surface area contributed by atoms with Gasteiger partial charge in [-0.3, -0.25) is 4.79 Å². The molecule has 1 aromatic rings. The molecule has 1 aliphatic heterocycles. The second kappa shape index (κ2) is 6.75. The van der Waals surface area contributed by atoms with Crippen molar-refractivity contribution in [3.8, 4) is 0 Å². The highest BCUT2D eigenvalue weighted by Gasteiger charge is 2.19. The number of halogens is 1. The van der Waals surface area contributed by atoms with E-state index in [2.05, 4.69) is 0 Å². The van der Waals surface area contributed by atoms with E-state index < -0.39 is 0 Å². The van der Waals surface area contributed by atoms with Crippen LogP contribution in [-0.2, 0) is 14.3 Å². The fourth-order valence-corrected chi connectivity index (χ4v) is 2.53. The van der Waals surface area contributed by atoms with Crippen LogP contribution in [-0.4, -0.2) is 31.0 Å². The Labute approximate surface area is 110 Å².